The molecule has 0 radical (unpaired) electrons. The lowest BCUT2D eigenvalue weighted by molar-refractivity contribution is -0.130. The molecule has 1 saturated heterocycles. The van der Waals surface area contributed by atoms with Gasteiger partial charge < -0.3 is 4.74 Å². The van der Waals surface area contributed by atoms with Crippen LogP contribution in [0.3, 0.4) is 0 Å². The highest BCUT2D eigenvalue weighted by molar-refractivity contribution is 5.94. The summed E-state index contributed by atoms with van der Waals surface area (Å²) in [6.07, 6.45) is -0.312. The molecule has 24 heavy (non-hydrogen) atoms. The molecule has 1 aliphatic heterocycles. The Morgan fingerprint density at radius 2 is 1.67 bits per heavy atom. The van der Waals surface area contributed by atoms with Gasteiger partial charge in [-0.1, -0.05) is 74.5 Å². The second-order valence-corrected chi connectivity index (χ2v) is 6.69. The maximum Gasteiger partial charge on any atom is 0.417 e. The van der Waals surface area contributed by atoms with Crippen LogP contribution in [0.25, 0.3) is 0 Å². The highest BCUT2D eigenvalue weighted by Gasteiger charge is 2.40. The van der Waals surface area contributed by atoms with Crippen molar-refractivity contribution in [3.05, 3.63) is 71.8 Å². The summed E-state index contributed by atoms with van der Waals surface area (Å²) >= 11 is 0. The number of carbonyl (C=O) groups is 2. The molecule has 2 aromatic rings. The van der Waals surface area contributed by atoms with Crippen LogP contribution >= 0.6 is 0 Å². The molecule has 1 aliphatic rings. The molecule has 2 amide bonds. The Bertz CT molecular complexity index is 725. The first-order chi connectivity index (χ1) is 11.5. The zero-order valence-electron chi connectivity index (χ0n) is 13.9. The Kier molecular flexibility index (Phi) is 4.38. The zero-order chi connectivity index (χ0) is 17.2. The SMILES string of the molecule is CC(C)(CC(=O)N1C(=O)OCC1c1ccccc1)c1ccccc1. The standard InChI is InChI=1S/C20H21NO3/c1-20(2,16-11-7-4-8-12-16)13-18(22)21-17(14-24-19(21)23)15-9-5-3-6-10-15/h3-12,17H,13-14H2,1-2H3. The van der Waals surface area contributed by atoms with Crippen LogP contribution in [0.2, 0.25) is 0 Å². The second kappa shape index (κ2) is 6.48. The van der Waals surface area contributed by atoms with E-state index in [4.69, 9.17) is 4.74 Å². The number of amides is 2. The van der Waals surface area contributed by atoms with E-state index in [9.17, 15) is 9.59 Å². The van der Waals surface area contributed by atoms with E-state index in [1.54, 1.807) is 0 Å². The van der Waals surface area contributed by atoms with Crippen molar-refractivity contribution in [1.82, 2.24) is 4.90 Å². The minimum atomic E-state index is -0.558. The number of nitrogens with zero attached hydrogens (tertiary/aromatic N) is 1. The van der Waals surface area contributed by atoms with Gasteiger partial charge >= 0.3 is 6.09 Å². The number of imide groups is 1. The van der Waals surface area contributed by atoms with Crippen LogP contribution in [0.15, 0.2) is 60.7 Å². The van der Waals surface area contributed by atoms with Crippen molar-refractivity contribution in [2.75, 3.05) is 6.61 Å². The summed E-state index contributed by atoms with van der Waals surface area (Å²) < 4.78 is 5.14. The zero-order valence-corrected chi connectivity index (χ0v) is 13.9. The maximum absolute atomic E-state index is 12.9. The summed E-state index contributed by atoms with van der Waals surface area (Å²) in [6.45, 7) is 4.23. The number of hydrogen-bond acceptors (Lipinski definition) is 3. The molecule has 1 atom stereocenters. The minimum Gasteiger partial charge on any atom is -0.446 e. The number of hydrogen-bond donors (Lipinski definition) is 0. The van der Waals surface area contributed by atoms with E-state index >= 15 is 0 Å². The van der Waals surface area contributed by atoms with Gasteiger partial charge in [-0.25, -0.2) is 9.69 Å². The summed E-state index contributed by atoms with van der Waals surface area (Å²) in [4.78, 5) is 26.2. The average Bonchev–Trinajstić information content (AvgIpc) is 2.98. The van der Waals surface area contributed by atoms with Gasteiger partial charge in [-0.3, -0.25) is 4.79 Å². The first kappa shape index (κ1) is 16.2. The van der Waals surface area contributed by atoms with Gasteiger partial charge in [-0.05, 0) is 16.5 Å². The average molecular weight is 323 g/mol. The summed E-state index contributed by atoms with van der Waals surface area (Å²) in [7, 11) is 0. The van der Waals surface area contributed by atoms with Crippen LogP contribution in [0.1, 0.15) is 37.4 Å². The molecule has 0 saturated carbocycles. The number of benzene rings is 2. The van der Waals surface area contributed by atoms with E-state index in [0.717, 1.165) is 11.1 Å². The third-order valence-corrected chi connectivity index (χ3v) is 4.47. The predicted octanol–water partition coefficient (Wildman–Crippen LogP) is 4.07. The topological polar surface area (TPSA) is 46.6 Å². The number of carbonyl (C=O) groups excluding carboxylic acids is 2. The fourth-order valence-electron chi connectivity index (χ4n) is 3.07. The van der Waals surface area contributed by atoms with Gasteiger partial charge in [0.25, 0.3) is 0 Å². The minimum absolute atomic E-state index is 0.208. The van der Waals surface area contributed by atoms with Gasteiger partial charge in [0.05, 0.1) is 0 Å². The Morgan fingerprint density at radius 1 is 1.08 bits per heavy atom. The van der Waals surface area contributed by atoms with Crippen LogP contribution in [-0.2, 0) is 14.9 Å². The molecule has 4 nitrogen and oxygen atoms in total. The van der Waals surface area contributed by atoms with E-state index in [-0.39, 0.29) is 30.4 Å². The van der Waals surface area contributed by atoms with Crippen molar-refractivity contribution in [2.24, 2.45) is 0 Å². The molecule has 4 heteroatoms. The van der Waals surface area contributed by atoms with Crippen LogP contribution < -0.4 is 0 Å². The van der Waals surface area contributed by atoms with Gasteiger partial charge in [0.1, 0.15) is 12.6 Å². The fraction of sp³-hybridized carbons (Fsp3) is 0.300. The van der Waals surface area contributed by atoms with E-state index in [0.29, 0.717) is 0 Å². The van der Waals surface area contributed by atoms with Crippen molar-refractivity contribution in [1.29, 1.82) is 0 Å². The van der Waals surface area contributed by atoms with Gasteiger partial charge in [0.15, 0.2) is 0 Å². The molecule has 1 fully saturated rings. The highest BCUT2D eigenvalue weighted by Crippen LogP contribution is 2.33. The summed E-state index contributed by atoms with van der Waals surface area (Å²) in [5, 5.41) is 0. The summed E-state index contributed by atoms with van der Waals surface area (Å²) in [6, 6.07) is 19.0. The lowest BCUT2D eigenvalue weighted by atomic mass is 9.81. The third-order valence-electron chi connectivity index (χ3n) is 4.47. The van der Waals surface area contributed by atoms with Crippen molar-refractivity contribution < 1.29 is 14.3 Å². The predicted molar refractivity (Wildman–Crippen MR) is 91.5 cm³/mol. The molecule has 0 aliphatic carbocycles. The van der Waals surface area contributed by atoms with Gasteiger partial charge in [0.2, 0.25) is 5.91 Å². The van der Waals surface area contributed by atoms with Crippen LogP contribution in [0, 0.1) is 0 Å². The normalized spacial score (nSPS) is 17.7. The molecule has 0 aromatic heterocycles. The molecule has 0 spiro atoms. The van der Waals surface area contributed by atoms with Crippen molar-refractivity contribution in [3.8, 4) is 0 Å². The number of cyclic esters (lactones) is 1. The van der Waals surface area contributed by atoms with Crippen molar-refractivity contribution in [2.45, 2.75) is 31.7 Å². The molecule has 1 unspecified atom stereocenters. The summed E-state index contributed by atoms with van der Waals surface area (Å²) in [5.74, 6) is -0.208. The van der Waals surface area contributed by atoms with E-state index in [2.05, 4.69) is 0 Å². The van der Waals surface area contributed by atoms with Crippen LogP contribution in [0.4, 0.5) is 4.79 Å². The Morgan fingerprint density at radius 3 is 2.29 bits per heavy atom. The fourth-order valence-corrected chi connectivity index (χ4v) is 3.07. The lowest BCUT2D eigenvalue weighted by Gasteiger charge is -2.28. The number of rotatable bonds is 4. The van der Waals surface area contributed by atoms with Gasteiger partial charge in [-0.2, -0.15) is 0 Å². The molecule has 1 heterocycles. The summed E-state index contributed by atoms with van der Waals surface area (Å²) in [5.41, 5.74) is 1.62. The van der Waals surface area contributed by atoms with Crippen LogP contribution in [-0.4, -0.2) is 23.5 Å². The molecule has 3 rings (SSSR count). The van der Waals surface area contributed by atoms with Gasteiger partial charge in [0, 0.05) is 6.42 Å². The first-order valence-corrected chi connectivity index (χ1v) is 8.08. The lowest BCUT2D eigenvalue weighted by Crippen LogP contribution is -2.37. The van der Waals surface area contributed by atoms with Crippen LogP contribution in [0.5, 0.6) is 0 Å². The first-order valence-electron chi connectivity index (χ1n) is 8.08. The monoisotopic (exact) mass is 323 g/mol. The third kappa shape index (κ3) is 3.18. The largest absolute Gasteiger partial charge is 0.446 e. The maximum atomic E-state index is 12.9. The quantitative estimate of drug-likeness (QED) is 0.852. The Labute approximate surface area is 142 Å². The molecular formula is C20H21NO3. The van der Waals surface area contributed by atoms with E-state index in [1.165, 1.54) is 4.90 Å². The van der Waals surface area contributed by atoms with Crippen molar-refractivity contribution >= 4 is 12.0 Å². The van der Waals surface area contributed by atoms with E-state index in [1.807, 2.05) is 74.5 Å². The second-order valence-electron chi connectivity index (χ2n) is 6.69. The van der Waals surface area contributed by atoms with E-state index < -0.39 is 6.09 Å². The molecule has 0 bridgehead atoms. The molecule has 124 valence electrons. The van der Waals surface area contributed by atoms with Crippen molar-refractivity contribution in [3.63, 3.8) is 0 Å². The Balaban J connectivity index is 1.81. The molecule has 2 aromatic carbocycles. The molecular weight excluding hydrogens is 302 g/mol. The molecule has 0 N–H and O–H groups in total. The smallest absolute Gasteiger partial charge is 0.417 e. The highest BCUT2D eigenvalue weighted by atomic mass is 16.6. The van der Waals surface area contributed by atoms with Gasteiger partial charge in [-0.15, -0.1) is 0 Å². The Hall–Kier alpha value is -2.62. The number of ether oxygens (including phenoxy) is 1.